The van der Waals surface area contributed by atoms with E-state index in [1.165, 1.54) is 7.11 Å². The molecular weight excluding hydrogens is 352 g/mol. The average molecular weight is 373 g/mol. The minimum atomic E-state index is -0.176. The van der Waals surface area contributed by atoms with Crippen LogP contribution in [0, 0.1) is 0 Å². The summed E-state index contributed by atoms with van der Waals surface area (Å²) in [4.78, 5) is 19.7. The first-order valence-electron chi connectivity index (χ1n) is 8.45. The zero-order chi connectivity index (χ0) is 18.4. The number of hydrogen-bond acceptors (Lipinski definition) is 4. The summed E-state index contributed by atoms with van der Waals surface area (Å²) in [5.41, 5.74) is 2.90. The van der Waals surface area contributed by atoms with E-state index in [-0.39, 0.29) is 18.6 Å². The Morgan fingerprint density at radius 1 is 1.27 bits per heavy atom. The van der Waals surface area contributed by atoms with Gasteiger partial charge in [0.2, 0.25) is 5.91 Å². The van der Waals surface area contributed by atoms with Gasteiger partial charge in [-0.25, -0.2) is 0 Å². The number of carbonyl (C=O) groups is 1. The third-order valence-electron chi connectivity index (χ3n) is 4.15. The molecule has 6 heteroatoms. The van der Waals surface area contributed by atoms with E-state index in [1.807, 2.05) is 54.6 Å². The number of rotatable bonds is 7. The Morgan fingerprint density at radius 2 is 2.08 bits per heavy atom. The number of hydrogen-bond donors (Lipinski definition) is 0. The normalized spacial score (nSPS) is 16.1. The van der Waals surface area contributed by atoms with Gasteiger partial charge in [-0.1, -0.05) is 59.2 Å². The van der Waals surface area contributed by atoms with Crippen LogP contribution < -0.4 is 0 Å². The standard InChI is InChI=1S/C20H21ClN2O3/c1-25-14-20(24)23(12-15-6-5-9-17(21)10-15)13-18-11-19(22-26-18)16-7-3-2-4-8-16/h2-10,18H,11-14H2,1H3/t18-/m1/s1. The minimum absolute atomic E-state index is 0.0275. The number of amides is 1. The monoisotopic (exact) mass is 372 g/mol. The first kappa shape index (κ1) is 18.4. The Bertz CT molecular complexity index is 780. The maximum atomic E-state index is 12.4. The maximum Gasteiger partial charge on any atom is 0.248 e. The van der Waals surface area contributed by atoms with Crippen LogP contribution in [0.3, 0.4) is 0 Å². The van der Waals surface area contributed by atoms with Gasteiger partial charge in [0.05, 0.1) is 12.3 Å². The molecule has 26 heavy (non-hydrogen) atoms. The van der Waals surface area contributed by atoms with Crippen molar-refractivity contribution < 1.29 is 14.4 Å². The number of halogens is 1. The van der Waals surface area contributed by atoms with Crippen molar-refractivity contribution in [2.75, 3.05) is 20.3 Å². The summed E-state index contributed by atoms with van der Waals surface area (Å²) in [5, 5.41) is 4.84. The second-order valence-corrected chi connectivity index (χ2v) is 6.61. The summed E-state index contributed by atoms with van der Waals surface area (Å²) in [7, 11) is 1.51. The largest absolute Gasteiger partial charge is 0.390 e. The van der Waals surface area contributed by atoms with Crippen molar-refractivity contribution in [3.05, 3.63) is 70.7 Å². The van der Waals surface area contributed by atoms with Crippen LogP contribution in [0.25, 0.3) is 0 Å². The number of nitrogens with zero attached hydrogens (tertiary/aromatic N) is 2. The fraction of sp³-hybridized carbons (Fsp3) is 0.300. The summed E-state index contributed by atoms with van der Waals surface area (Å²) in [6, 6.07) is 17.4. The molecule has 136 valence electrons. The van der Waals surface area contributed by atoms with Gasteiger partial charge in [-0.15, -0.1) is 0 Å². The number of ether oxygens (including phenoxy) is 1. The summed E-state index contributed by atoms with van der Waals surface area (Å²) >= 11 is 6.06. The van der Waals surface area contributed by atoms with Gasteiger partial charge < -0.3 is 14.5 Å². The number of carbonyl (C=O) groups excluding carboxylic acids is 1. The van der Waals surface area contributed by atoms with Crippen LogP contribution in [0.1, 0.15) is 17.5 Å². The highest BCUT2D eigenvalue weighted by Crippen LogP contribution is 2.19. The molecular formula is C20H21ClN2O3. The molecule has 1 aliphatic heterocycles. The van der Waals surface area contributed by atoms with Crippen molar-refractivity contribution in [1.82, 2.24) is 4.90 Å². The topological polar surface area (TPSA) is 51.1 Å². The maximum absolute atomic E-state index is 12.4. The van der Waals surface area contributed by atoms with E-state index in [0.29, 0.717) is 24.5 Å². The minimum Gasteiger partial charge on any atom is -0.390 e. The Balaban J connectivity index is 1.66. The number of benzene rings is 2. The molecule has 0 unspecified atom stereocenters. The van der Waals surface area contributed by atoms with Crippen LogP contribution in [0.5, 0.6) is 0 Å². The fourth-order valence-corrected chi connectivity index (χ4v) is 3.11. The molecule has 1 atom stereocenters. The van der Waals surface area contributed by atoms with Crippen molar-refractivity contribution in [3.63, 3.8) is 0 Å². The first-order valence-corrected chi connectivity index (χ1v) is 8.83. The van der Waals surface area contributed by atoms with E-state index in [4.69, 9.17) is 21.2 Å². The van der Waals surface area contributed by atoms with Crippen molar-refractivity contribution in [1.29, 1.82) is 0 Å². The lowest BCUT2D eigenvalue weighted by Gasteiger charge is -2.25. The molecule has 0 radical (unpaired) electrons. The Hall–Kier alpha value is -2.37. The van der Waals surface area contributed by atoms with E-state index >= 15 is 0 Å². The van der Waals surface area contributed by atoms with Gasteiger partial charge in [0, 0.05) is 25.1 Å². The smallest absolute Gasteiger partial charge is 0.248 e. The van der Waals surface area contributed by atoms with Gasteiger partial charge in [-0.2, -0.15) is 0 Å². The van der Waals surface area contributed by atoms with Gasteiger partial charge >= 0.3 is 0 Å². The average Bonchev–Trinajstić information content (AvgIpc) is 3.11. The van der Waals surface area contributed by atoms with Crippen molar-refractivity contribution in [2.24, 2.45) is 5.16 Å². The lowest BCUT2D eigenvalue weighted by atomic mass is 10.0. The van der Waals surface area contributed by atoms with Crippen molar-refractivity contribution >= 4 is 23.2 Å². The highest BCUT2D eigenvalue weighted by molar-refractivity contribution is 6.30. The Labute approximate surface area is 158 Å². The van der Waals surface area contributed by atoms with Gasteiger partial charge in [-0.05, 0) is 23.3 Å². The molecule has 0 spiro atoms. The Morgan fingerprint density at radius 3 is 2.81 bits per heavy atom. The third kappa shape index (κ3) is 4.84. The lowest BCUT2D eigenvalue weighted by Crippen LogP contribution is -2.39. The predicted molar refractivity (Wildman–Crippen MR) is 101 cm³/mol. The van der Waals surface area contributed by atoms with Crippen LogP contribution >= 0.6 is 11.6 Å². The fourth-order valence-electron chi connectivity index (χ4n) is 2.90. The van der Waals surface area contributed by atoms with Crippen LogP contribution in [0.2, 0.25) is 5.02 Å². The van der Waals surface area contributed by atoms with E-state index in [2.05, 4.69) is 5.16 Å². The molecule has 0 aliphatic carbocycles. The summed E-state index contributed by atoms with van der Waals surface area (Å²) in [5.74, 6) is -0.0933. The molecule has 1 heterocycles. The number of methoxy groups -OCH3 is 1. The molecule has 2 aromatic rings. The van der Waals surface area contributed by atoms with Crippen LogP contribution in [-0.4, -0.2) is 42.9 Å². The third-order valence-corrected chi connectivity index (χ3v) is 4.38. The molecule has 1 amide bonds. The van der Waals surface area contributed by atoms with Crippen LogP contribution in [0.15, 0.2) is 59.8 Å². The van der Waals surface area contributed by atoms with E-state index in [0.717, 1.165) is 16.8 Å². The summed E-state index contributed by atoms with van der Waals surface area (Å²) < 4.78 is 5.01. The highest BCUT2D eigenvalue weighted by atomic mass is 35.5. The van der Waals surface area contributed by atoms with Crippen molar-refractivity contribution in [3.8, 4) is 0 Å². The lowest BCUT2D eigenvalue weighted by molar-refractivity contribution is -0.137. The van der Waals surface area contributed by atoms with Crippen molar-refractivity contribution in [2.45, 2.75) is 19.1 Å². The van der Waals surface area contributed by atoms with Gasteiger partial charge in [-0.3, -0.25) is 4.79 Å². The highest BCUT2D eigenvalue weighted by Gasteiger charge is 2.26. The Kier molecular flexibility index (Phi) is 6.26. The van der Waals surface area contributed by atoms with Crippen LogP contribution in [-0.2, 0) is 20.9 Å². The van der Waals surface area contributed by atoms with E-state index < -0.39 is 0 Å². The summed E-state index contributed by atoms with van der Waals surface area (Å²) in [6.45, 7) is 0.914. The molecule has 0 fully saturated rings. The SMILES string of the molecule is COCC(=O)N(Cc1cccc(Cl)c1)C[C@H]1CC(c2ccccc2)=NO1. The molecule has 2 aromatic carbocycles. The molecule has 0 saturated carbocycles. The molecule has 3 rings (SSSR count). The number of oxime groups is 1. The zero-order valence-electron chi connectivity index (χ0n) is 14.6. The molecule has 0 saturated heterocycles. The van der Waals surface area contributed by atoms with Gasteiger partial charge in [0.1, 0.15) is 6.61 Å². The summed E-state index contributed by atoms with van der Waals surface area (Å²) in [6.07, 6.45) is 0.487. The van der Waals surface area contributed by atoms with E-state index in [9.17, 15) is 4.79 Å². The second kappa shape index (κ2) is 8.83. The molecule has 0 N–H and O–H groups in total. The zero-order valence-corrected chi connectivity index (χ0v) is 15.4. The predicted octanol–water partition coefficient (Wildman–Crippen LogP) is 3.51. The molecule has 0 bridgehead atoms. The van der Waals surface area contributed by atoms with Crippen LogP contribution in [0.4, 0.5) is 0 Å². The molecule has 5 nitrogen and oxygen atoms in total. The molecule has 0 aromatic heterocycles. The quantitative estimate of drug-likeness (QED) is 0.747. The van der Waals surface area contributed by atoms with Gasteiger partial charge in [0.25, 0.3) is 0 Å². The first-order chi connectivity index (χ1) is 12.7. The second-order valence-electron chi connectivity index (χ2n) is 6.17. The molecule has 1 aliphatic rings. The van der Waals surface area contributed by atoms with Gasteiger partial charge in [0.15, 0.2) is 6.10 Å². The van der Waals surface area contributed by atoms with E-state index in [1.54, 1.807) is 4.90 Å².